The van der Waals surface area contributed by atoms with Gasteiger partial charge in [-0.05, 0) is 32.7 Å². The molecule has 2 amide bonds. The lowest BCUT2D eigenvalue weighted by Crippen LogP contribution is -2.50. The van der Waals surface area contributed by atoms with Crippen molar-refractivity contribution in [2.75, 3.05) is 40.3 Å². The summed E-state index contributed by atoms with van der Waals surface area (Å²) in [7, 11) is 3.68. The molecule has 0 radical (unpaired) electrons. The van der Waals surface area contributed by atoms with E-state index in [-0.39, 0.29) is 6.03 Å². The maximum Gasteiger partial charge on any atom is 0.319 e. The zero-order chi connectivity index (χ0) is 15.7. The van der Waals surface area contributed by atoms with Crippen molar-refractivity contribution in [3.05, 3.63) is 16.1 Å². The van der Waals surface area contributed by atoms with E-state index in [2.05, 4.69) is 22.2 Å². The zero-order valence-electron chi connectivity index (χ0n) is 13.8. The molecule has 2 saturated heterocycles. The highest BCUT2D eigenvalue weighted by molar-refractivity contribution is 7.09. The molecule has 1 aromatic rings. The van der Waals surface area contributed by atoms with E-state index in [9.17, 15) is 4.79 Å². The van der Waals surface area contributed by atoms with Gasteiger partial charge in [0.05, 0.1) is 10.7 Å². The van der Waals surface area contributed by atoms with Crippen molar-refractivity contribution < 1.29 is 4.79 Å². The summed E-state index contributed by atoms with van der Waals surface area (Å²) in [5.74, 6) is 0. The topological polar surface area (TPSA) is 39.7 Å². The molecule has 2 aliphatic heterocycles. The molecule has 0 unspecified atom stereocenters. The predicted octanol–water partition coefficient (Wildman–Crippen LogP) is 2.42. The molecule has 2 fully saturated rings. The maximum atomic E-state index is 12.2. The molecular formula is C16H26N4OS. The highest BCUT2D eigenvalue weighted by atomic mass is 32.1. The highest BCUT2D eigenvalue weighted by Gasteiger charge is 2.42. The van der Waals surface area contributed by atoms with Gasteiger partial charge in [-0.25, -0.2) is 9.78 Å². The van der Waals surface area contributed by atoms with Gasteiger partial charge in [0.1, 0.15) is 0 Å². The molecule has 0 aromatic carbocycles. The summed E-state index contributed by atoms with van der Waals surface area (Å²) in [6, 6.07) is 0.160. The van der Waals surface area contributed by atoms with E-state index in [1.807, 2.05) is 19.0 Å². The molecule has 5 nitrogen and oxygen atoms in total. The third kappa shape index (κ3) is 3.27. The fraction of sp³-hybridized carbons (Fsp3) is 0.750. The molecular weight excluding hydrogens is 296 g/mol. The van der Waals surface area contributed by atoms with Crippen LogP contribution in [-0.4, -0.2) is 66.0 Å². The second-order valence-corrected chi connectivity index (χ2v) is 8.08. The summed E-state index contributed by atoms with van der Waals surface area (Å²) in [4.78, 5) is 23.1. The molecule has 1 atom stereocenters. The second-order valence-electron chi connectivity index (χ2n) is 7.02. The van der Waals surface area contributed by atoms with E-state index < -0.39 is 0 Å². The van der Waals surface area contributed by atoms with Crippen LogP contribution >= 0.6 is 11.3 Å². The number of aromatic nitrogens is 1. The van der Waals surface area contributed by atoms with E-state index in [1.165, 1.54) is 18.5 Å². The van der Waals surface area contributed by atoms with Crippen LogP contribution in [0.4, 0.5) is 4.79 Å². The van der Waals surface area contributed by atoms with Crippen molar-refractivity contribution in [2.45, 2.75) is 32.7 Å². The first-order valence-corrected chi connectivity index (χ1v) is 8.95. The number of amides is 2. The fourth-order valence-electron chi connectivity index (χ4n) is 3.86. The molecule has 3 rings (SSSR count). The van der Waals surface area contributed by atoms with Crippen LogP contribution in [0.2, 0.25) is 0 Å². The molecule has 6 heteroatoms. The summed E-state index contributed by atoms with van der Waals surface area (Å²) < 4.78 is 0. The largest absolute Gasteiger partial charge is 0.331 e. The van der Waals surface area contributed by atoms with Crippen molar-refractivity contribution in [1.82, 2.24) is 19.7 Å². The second kappa shape index (κ2) is 6.16. The van der Waals surface area contributed by atoms with E-state index in [4.69, 9.17) is 0 Å². The first-order valence-electron chi connectivity index (χ1n) is 8.07. The van der Waals surface area contributed by atoms with E-state index >= 15 is 0 Å². The molecule has 0 bridgehead atoms. The zero-order valence-corrected chi connectivity index (χ0v) is 14.7. The Labute approximate surface area is 136 Å². The first kappa shape index (κ1) is 15.7. The third-order valence-corrected chi connectivity index (χ3v) is 5.71. The molecule has 0 saturated carbocycles. The number of carbonyl (C=O) groups is 1. The summed E-state index contributed by atoms with van der Waals surface area (Å²) in [5.41, 5.74) is 1.49. The van der Waals surface area contributed by atoms with Crippen molar-refractivity contribution in [1.29, 1.82) is 0 Å². The van der Waals surface area contributed by atoms with Crippen LogP contribution in [0.5, 0.6) is 0 Å². The number of thiazole rings is 1. The minimum atomic E-state index is 0.160. The maximum absolute atomic E-state index is 12.2. The Kier molecular flexibility index (Phi) is 4.41. The first-order chi connectivity index (χ1) is 10.5. The van der Waals surface area contributed by atoms with Gasteiger partial charge in [0, 0.05) is 51.1 Å². The van der Waals surface area contributed by atoms with E-state index in [0.717, 1.165) is 44.2 Å². The van der Waals surface area contributed by atoms with Crippen molar-refractivity contribution in [2.24, 2.45) is 5.41 Å². The van der Waals surface area contributed by atoms with Crippen LogP contribution < -0.4 is 0 Å². The summed E-state index contributed by atoms with van der Waals surface area (Å²) in [5, 5.41) is 3.31. The van der Waals surface area contributed by atoms with Crippen LogP contribution in [0.15, 0.2) is 5.38 Å². The monoisotopic (exact) mass is 322 g/mol. The number of likely N-dealkylation sites (tertiary alicyclic amines) is 2. The Hall–Kier alpha value is -1.14. The van der Waals surface area contributed by atoms with Gasteiger partial charge in [-0.3, -0.25) is 4.90 Å². The lowest BCUT2D eigenvalue weighted by molar-refractivity contribution is 0.0945. The van der Waals surface area contributed by atoms with Gasteiger partial charge in [-0.1, -0.05) is 0 Å². The lowest BCUT2D eigenvalue weighted by Gasteiger charge is -2.41. The van der Waals surface area contributed by atoms with Crippen LogP contribution in [-0.2, 0) is 6.54 Å². The number of carbonyl (C=O) groups excluding carboxylic acids is 1. The minimum Gasteiger partial charge on any atom is -0.331 e. The van der Waals surface area contributed by atoms with Crippen LogP contribution in [0.1, 0.15) is 30.0 Å². The van der Waals surface area contributed by atoms with Gasteiger partial charge in [-0.2, -0.15) is 0 Å². The Balaban J connectivity index is 1.61. The highest BCUT2D eigenvalue weighted by Crippen LogP contribution is 2.39. The number of aryl methyl sites for hydroxylation is 1. The predicted molar refractivity (Wildman–Crippen MR) is 89.1 cm³/mol. The van der Waals surface area contributed by atoms with Crippen molar-refractivity contribution >= 4 is 17.4 Å². The smallest absolute Gasteiger partial charge is 0.319 e. The molecule has 1 aromatic heterocycles. The molecule has 2 aliphatic rings. The van der Waals surface area contributed by atoms with E-state index in [1.54, 1.807) is 16.2 Å². The Morgan fingerprint density at radius 3 is 2.86 bits per heavy atom. The number of hydrogen-bond donors (Lipinski definition) is 0. The van der Waals surface area contributed by atoms with Gasteiger partial charge in [-0.15, -0.1) is 11.3 Å². The van der Waals surface area contributed by atoms with Gasteiger partial charge in [0.2, 0.25) is 0 Å². The number of rotatable bonds is 2. The van der Waals surface area contributed by atoms with Crippen LogP contribution in [0.3, 0.4) is 0 Å². The minimum absolute atomic E-state index is 0.160. The Bertz CT molecular complexity index is 544. The summed E-state index contributed by atoms with van der Waals surface area (Å²) in [6.45, 7) is 7.06. The number of nitrogens with zero attached hydrogens (tertiary/aromatic N) is 4. The third-order valence-electron chi connectivity index (χ3n) is 4.88. The molecule has 122 valence electrons. The SMILES string of the molecule is Cc1nc(CN2CC[C@@]3(CCCN(C(=O)N(C)C)C3)C2)cs1. The lowest BCUT2D eigenvalue weighted by atomic mass is 9.79. The average molecular weight is 322 g/mol. The molecule has 1 spiro atoms. The molecule has 22 heavy (non-hydrogen) atoms. The van der Waals surface area contributed by atoms with Crippen LogP contribution in [0, 0.1) is 12.3 Å². The summed E-state index contributed by atoms with van der Waals surface area (Å²) >= 11 is 1.73. The number of urea groups is 1. The van der Waals surface area contributed by atoms with Gasteiger partial charge < -0.3 is 9.80 Å². The quantitative estimate of drug-likeness (QED) is 0.839. The standard InChI is InChI=1S/C16H26N4OS/c1-13-17-14(10-22-13)9-19-8-6-16(11-19)5-4-7-20(12-16)15(21)18(2)3/h10H,4-9,11-12H2,1-3H3/t16-/m0/s1. The van der Waals surface area contributed by atoms with Crippen molar-refractivity contribution in [3.63, 3.8) is 0 Å². The average Bonchev–Trinajstić information content (AvgIpc) is 3.05. The molecule has 3 heterocycles. The Morgan fingerprint density at radius 2 is 2.18 bits per heavy atom. The normalized spacial score (nSPS) is 25.9. The van der Waals surface area contributed by atoms with Gasteiger partial charge in [0.15, 0.2) is 0 Å². The number of hydrogen-bond acceptors (Lipinski definition) is 4. The van der Waals surface area contributed by atoms with Gasteiger partial charge >= 0.3 is 6.03 Å². The molecule has 0 aliphatic carbocycles. The summed E-state index contributed by atoms with van der Waals surface area (Å²) in [6.07, 6.45) is 3.58. The molecule has 0 N–H and O–H groups in total. The van der Waals surface area contributed by atoms with E-state index in [0.29, 0.717) is 5.41 Å². The van der Waals surface area contributed by atoms with Crippen molar-refractivity contribution in [3.8, 4) is 0 Å². The van der Waals surface area contributed by atoms with Crippen LogP contribution in [0.25, 0.3) is 0 Å². The Morgan fingerprint density at radius 1 is 1.36 bits per heavy atom. The van der Waals surface area contributed by atoms with Gasteiger partial charge in [0.25, 0.3) is 0 Å². The number of piperidine rings is 1. The fourth-order valence-corrected chi connectivity index (χ4v) is 4.46.